The second kappa shape index (κ2) is 7.34. The maximum absolute atomic E-state index is 12.0. The van der Waals surface area contributed by atoms with Gasteiger partial charge >= 0.3 is 0 Å². The molecule has 126 valence electrons. The van der Waals surface area contributed by atoms with Gasteiger partial charge in [-0.05, 0) is 37.2 Å². The fourth-order valence-electron chi connectivity index (χ4n) is 2.76. The van der Waals surface area contributed by atoms with Crippen molar-refractivity contribution in [2.45, 2.75) is 13.0 Å². The number of hydrogen-bond donors (Lipinski definition) is 2. The van der Waals surface area contributed by atoms with Crippen LogP contribution in [0.4, 0.5) is 0 Å². The monoisotopic (exact) mass is 363 g/mol. The van der Waals surface area contributed by atoms with Gasteiger partial charge in [0.2, 0.25) is 5.91 Å². The Morgan fingerprint density at radius 1 is 1.33 bits per heavy atom. The number of aromatic nitrogens is 1. The van der Waals surface area contributed by atoms with Crippen molar-refractivity contribution >= 4 is 39.9 Å². The molecule has 1 amide bonds. The number of thiazole rings is 1. The maximum Gasteiger partial charge on any atom is 0.224 e. The van der Waals surface area contributed by atoms with E-state index in [4.69, 9.17) is 4.42 Å². The van der Waals surface area contributed by atoms with Crippen molar-refractivity contribution in [2.24, 2.45) is 5.92 Å². The van der Waals surface area contributed by atoms with Crippen molar-refractivity contribution in [3.63, 3.8) is 0 Å². The summed E-state index contributed by atoms with van der Waals surface area (Å²) in [6.07, 6.45) is 0.904. The molecule has 0 radical (unpaired) electrons. The van der Waals surface area contributed by atoms with E-state index >= 15 is 0 Å². The molecule has 7 heteroatoms. The third-order valence-corrected chi connectivity index (χ3v) is 5.09. The van der Waals surface area contributed by atoms with Crippen molar-refractivity contribution in [1.82, 2.24) is 15.6 Å². The Kier molecular flexibility index (Phi) is 5.18. The molecule has 5 nitrogen and oxygen atoms in total. The maximum atomic E-state index is 12.0. The van der Waals surface area contributed by atoms with E-state index in [9.17, 15) is 4.79 Å². The average Bonchev–Trinajstić information content (AvgIpc) is 3.31. The van der Waals surface area contributed by atoms with Crippen LogP contribution in [-0.2, 0) is 11.3 Å². The zero-order valence-corrected chi connectivity index (χ0v) is 14.6. The molecule has 1 atom stereocenters. The summed E-state index contributed by atoms with van der Waals surface area (Å²) < 4.78 is 6.97. The van der Waals surface area contributed by atoms with Crippen LogP contribution < -0.4 is 10.6 Å². The van der Waals surface area contributed by atoms with Crippen molar-refractivity contribution < 1.29 is 9.21 Å². The Bertz CT molecular complexity index is 806. The predicted octanol–water partition coefficient (Wildman–Crippen LogP) is 3.20. The molecule has 24 heavy (non-hydrogen) atoms. The molecule has 1 aliphatic rings. The van der Waals surface area contributed by atoms with Gasteiger partial charge in [-0.1, -0.05) is 12.1 Å². The lowest BCUT2D eigenvalue weighted by molar-refractivity contribution is -0.124. The van der Waals surface area contributed by atoms with E-state index < -0.39 is 0 Å². The van der Waals surface area contributed by atoms with Crippen LogP contribution in [0.5, 0.6) is 0 Å². The number of fused-ring (bicyclic) bond motifs is 1. The number of nitrogens with zero attached hydrogens (tertiary/aromatic N) is 1. The fourth-order valence-corrected chi connectivity index (χ4v) is 3.69. The topological polar surface area (TPSA) is 67.2 Å². The molecular formula is C17H18ClN3O2S. The molecule has 3 aromatic rings. The normalized spacial score (nSPS) is 16.9. The lowest BCUT2D eigenvalue weighted by atomic mass is 10.1. The van der Waals surface area contributed by atoms with Crippen molar-refractivity contribution in [3.8, 4) is 10.8 Å². The first-order valence-corrected chi connectivity index (χ1v) is 8.54. The van der Waals surface area contributed by atoms with Gasteiger partial charge in [0.15, 0.2) is 10.8 Å². The number of amides is 1. The largest absolute Gasteiger partial charge is 0.457 e. The van der Waals surface area contributed by atoms with E-state index in [-0.39, 0.29) is 24.2 Å². The van der Waals surface area contributed by atoms with E-state index in [2.05, 4.69) is 21.7 Å². The van der Waals surface area contributed by atoms with E-state index in [1.807, 2.05) is 30.3 Å². The van der Waals surface area contributed by atoms with Crippen LogP contribution in [0.15, 0.2) is 40.8 Å². The third kappa shape index (κ3) is 3.45. The van der Waals surface area contributed by atoms with Gasteiger partial charge in [-0.2, -0.15) is 0 Å². The summed E-state index contributed by atoms with van der Waals surface area (Å²) in [6.45, 7) is 2.10. The van der Waals surface area contributed by atoms with Crippen LogP contribution >= 0.6 is 23.7 Å². The molecule has 1 aliphatic heterocycles. The Morgan fingerprint density at radius 3 is 3.00 bits per heavy atom. The Balaban J connectivity index is 0.00000169. The minimum Gasteiger partial charge on any atom is -0.457 e. The summed E-state index contributed by atoms with van der Waals surface area (Å²) in [6, 6.07) is 11.8. The van der Waals surface area contributed by atoms with Gasteiger partial charge in [0.05, 0.1) is 22.7 Å². The third-order valence-electron chi connectivity index (χ3n) is 4.03. The minimum atomic E-state index is 0. The highest BCUT2D eigenvalue weighted by Crippen LogP contribution is 2.31. The van der Waals surface area contributed by atoms with Crippen LogP contribution in [0, 0.1) is 5.92 Å². The summed E-state index contributed by atoms with van der Waals surface area (Å²) in [5, 5.41) is 7.01. The molecule has 0 spiro atoms. The summed E-state index contributed by atoms with van der Waals surface area (Å²) in [5.41, 5.74) is 0.979. The van der Waals surface area contributed by atoms with E-state index in [0.29, 0.717) is 6.54 Å². The molecule has 2 aromatic heterocycles. The van der Waals surface area contributed by atoms with Crippen molar-refractivity contribution in [1.29, 1.82) is 0 Å². The SMILES string of the molecule is Cl.O=C(NCc1ccc(-c2nc3ccccc3s2)o1)C1CCNC1. The number of halogens is 1. The highest BCUT2D eigenvalue weighted by atomic mass is 35.5. The van der Waals surface area contributed by atoms with E-state index in [1.165, 1.54) is 0 Å². The Hall–Kier alpha value is -1.89. The highest BCUT2D eigenvalue weighted by Gasteiger charge is 2.22. The number of para-hydroxylation sites is 1. The number of benzene rings is 1. The average molecular weight is 364 g/mol. The number of nitrogens with one attached hydrogen (secondary N) is 2. The minimum absolute atomic E-state index is 0. The van der Waals surface area contributed by atoms with Crippen LogP contribution in [0.2, 0.25) is 0 Å². The molecule has 4 rings (SSSR count). The summed E-state index contributed by atoms with van der Waals surface area (Å²) in [5.74, 6) is 1.66. The second-order valence-electron chi connectivity index (χ2n) is 5.66. The Labute approximate surface area is 149 Å². The first-order valence-electron chi connectivity index (χ1n) is 7.73. The second-order valence-corrected chi connectivity index (χ2v) is 6.69. The fraction of sp³-hybridized carbons (Fsp3) is 0.294. The van der Waals surface area contributed by atoms with Crippen LogP contribution in [0.1, 0.15) is 12.2 Å². The molecule has 1 saturated heterocycles. The van der Waals surface area contributed by atoms with Crippen LogP contribution in [0.25, 0.3) is 21.0 Å². The van der Waals surface area contributed by atoms with Crippen molar-refractivity contribution in [3.05, 3.63) is 42.2 Å². The number of furan rings is 1. The van der Waals surface area contributed by atoms with Gasteiger partial charge in [0, 0.05) is 6.54 Å². The molecule has 0 bridgehead atoms. The quantitative estimate of drug-likeness (QED) is 0.747. The van der Waals surface area contributed by atoms with Gasteiger partial charge in [0.25, 0.3) is 0 Å². The van der Waals surface area contributed by atoms with E-state index in [1.54, 1.807) is 11.3 Å². The molecule has 1 aromatic carbocycles. The first kappa shape index (κ1) is 17.0. The molecular weight excluding hydrogens is 346 g/mol. The smallest absolute Gasteiger partial charge is 0.224 e. The summed E-state index contributed by atoms with van der Waals surface area (Å²) >= 11 is 1.61. The van der Waals surface area contributed by atoms with Gasteiger partial charge < -0.3 is 15.1 Å². The Morgan fingerprint density at radius 2 is 2.21 bits per heavy atom. The predicted molar refractivity (Wildman–Crippen MR) is 97.4 cm³/mol. The molecule has 0 saturated carbocycles. The number of rotatable bonds is 4. The van der Waals surface area contributed by atoms with Gasteiger partial charge in [0.1, 0.15) is 5.76 Å². The summed E-state index contributed by atoms with van der Waals surface area (Å²) in [7, 11) is 0. The van der Waals surface area contributed by atoms with Crippen molar-refractivity contribution in [2.75, 3.05) is 13.1 Å². The number of carbonyl (C=O) groups is 1. The zero-order valence-electron chi connectivity index (χ0n) is 13.0. The number of carbonyl (C=O) groups excluding carboxylic acids is 1. The van der Waals surface area contributed by atoms with E-state index in [0.717, 1.165) is 46.3 Å². The lowest BCUT2D eigenvalue weighted by Gasteiger charge is -2.08. The standard InChI is InChI=1S/C17H17N3O2S.ClH/c21-16(11-7-8-18-9-11)19-10-12-5-6-14(22-12)17-20-13-3-1-2-4-15(13)23-17;/h1-6,11,18H,7-10H2,(H,19,21);1H. The highest BCUT2D eigenvalue weighted by molar-refractivity contribution is 7.21. The molecule has 1 unspecified atom stereocenters. The molecule has 3 heterocycles. The van der Waals surface area contributed by atoms with Gasteiger partial charge in [-0.25, -0.2) is 4.98 Å². The van der Waals surface area contributed by atoms with Gasteiger partial charge in [-0.15, -0.1) is 23.7 Å². The van der Waals surface area contributed by atoms with Crippen LogP contribution in [-0.4, -0.2) is 24.0 Å². The molecule has 2 N–H and O–H groups in total. The number of hydrogen-bond acceptors (Lipinski definition) is 5. The summed E-state index contributed by atoms with van der Waals surface area (Å²) in [4.78, 5) is 16.6. The lowest BCUT2D eigenvalue weighted by Crippen LogP contribution is -2.31. The first-order chi connectivity index (χ1) is 11.3. The van der Waals surface area contributed by atoms with Gasteiger partial charge in [-0.3, -0.25) is 4.79 Å². The molecule has 0 aliphatic carbocycles. The molecule has 1 fully saturated rings. The van der Waals surface area contributed by atoms with Crippen LogP contribution in [0.3, 0.4) is 0 Å². The zero-order chi connectivity index (χ0) is 15.6.